The van der Waals surface area contributed by atoms with Crippen LogP contribution in [0.5, 0.6) is 11.5 Å². The van der Waals surface area contributed by atoms with Crippen molar-refractivity contribution in [3.8, 4) is 11.5 Å². The van der Waals surface area contributed by atoms with Crippen LogP contribution in [0.1, 0.15) is 12.5 Å². The van der Waals surface area contributed by atoms with Gasteiger partial charge in [-0.15, -0.1) is 0 Å². The zero-order chi connectivity index (χ0) is 15.2. The van der Waals surface area contributed by atoms with Crippen molar-refractivity contribution in [3.63, 3.8) is 0 Å². The Kier molecular flexibility index (Phi) is 5.76. The zero-order valence-corrected chi connectivity index (χ0v) is 14.3. The third-order valence-electron chi connectivity index (χ3n) is 2.99. The van der Waals surface area contributed by atoms with Gasteiger partial charge in [0.05, 0.1) is 28.9 Å². The molecule has 0 fully saturated rings. The molecular weight excluding hydrogens is 354 g/mol. The Balaban J connectivity index is 2.20. The number of anilines is 1. The Morgan fingerprint density at radius 2 is 1.95 bits per heavy atom. The molecular formula is C16H17BrClNO2. The summed E-state index contributed by atoms with van der Waals surface area (Å²) in [6, 6.07) is 11.6. The Labute approximate surface area is 138 Å². The van der Waals surface area contributed by atoms with E-state index < -0.39 is 0 Å². The normalized spacial score (nSPS) is 10.3. The molecule has 1 N–H and O–H groups in total. The summed E-state index contributed by atoms with van der Waals surface area (Å²) in [5, 5.41) is 4.02. The van der Waals surface area contributed by atoms with E-state index >= 15 is 0 Å². The molecule has 2 aromatic carbocycles. The summed E-state index contributed by atoms with van der Waals surface area (Å²) in [5.41, 5.74) is 1.96. The average molecular weight is 371 g/mol. The number of benzene rings is 2. The van der Waals surface area contributed by atoms with Crippen molar-refractivity contribution in [2.24, 2.45) is 0 Å². The fourth-order valence-corrected chi connectivity index (χ4v) is 2.61. The highest BCUT2D eigenvalue weighted by molar-refractivity contribution is 9.10. The molecule has 2 rings (SSSR count). The van der Waals surface area contributed by atoms with E-state index in [0.29, 0.717) is 18.2 Å². The van der Waals surface area contributed by atoms with Crippen molar-refractivity contribution in [2.45, 2.75) is 13.5 Å². The van der Waals surface area contributed by atoms with Gasteiger partial charge in [-0.1, -0.05) is 29.8 Å². The first-order chi connectivity index (χ1) is 10.2. The van der Waals surface area contributed by atoms with Crippen molar-refractivity contribution < 1.29 is 9.47 Å². The fraction of sp³-hybridized carbons (Fsp3) is 0.250. The van der Waals surface area contributed by atoms with Crippen molar-refractivity contribution in [3.05, 3.63) is 51.5 Å². The van der Waals surface area contributed by atoms with Crippen LogP contribution in [0.3, 0.4) is 0 Å². The molecule has 0 saturated carbocycles. The monoisotopic (exact) mass is 369 g/mol. The molecule has 2 aromatic rings. The molecule has 112 valence electrons. The van der Waals surface area contributed by atoms with Gasteiger partial charge in [-0.3, -0.25) is 0 Å². The first-order valence-corrected chi connectivity index (χ1v) is 7.81. The summed E-state index contributed by atoms with van der Waals surface area (Å²) in [4.78, 5) is 0. The Bertz CT molecular complexity index is 619. The third kappa shape index (κ3) is 3.83. The van der Waals surface area contributed by atoms with Crippen molar-refractivity contribution in [1.29, 1.82) is 0 Å². The van der Waals surface area contributed by atoms with Crippen molar-refractivity contribution >= 4 is 33.2 Å². The lowest BCUT2D eigenvalue weighted by Gasteiger charge is -2.15. The zero-order valence-electron chi connectivity index (χ0n) is 12.0. The summed E-state index contributed by atoms with van der Waals surface area (Å²) in [6.07, 6.45) is 0. The number of methoxy groups -OCH3 is 1. The molecule has 0 radical (unpaired) electrons. The van der Waals surface area contributed by atoms with Gasteiger partial charge in [0.15, 0.2) is 11.5 Å². The lowest BCUT2D eigenvalue weighted by molar-refractivity contribution is 0.309. The molecule has 5 heteroatoms. The molecule has 0 spiro atoms. The molecule has 0 aromatic heterocycles. The van der Waals surface area contributed by atoms with Gasteiger partial charge in [-0.2, -0.15) is 0 Å². The Hall–Kier alpha value is -1.39. The maximum absolute atomic E-state index is 6.09. The van der Waals surface area contributed by atoms with E-state index in [-0.39, 0.29) is 0 Å². The average Bonchev–Trinajstić information content (AvgIpc) is 2.49. The fourth-order valence-electron chi connectivity index (χ4n) is 2.03. The Morgan fingerprint density at radius 1 is 1.19 bits per heavy atom. The third-order valence-corrected chi connectivity index (χ3v) is 4.38. The van der Waals surface area contributed by atoms with Crippen LogP contribution in [-0.2, 0) is 6.54 Å². The number of nitrogens with one attached hydrogen (secondary N) is 1. The first kappa shape index (κ1) is 16.0. The second kappa shape index (κ2) is 7.57. The van der Waals surface area contributed by atoms with E-state index in [4.69, 9.17) is 21.1 Å². The number of ether oxygens (including phenoxy) is 2. The molecule has 0 atom stereocenters. The van der Waals surface area contributed by atoms with E-state index in [0.717, 1.165) is 27.2 Å². The molecule has 0 aliphatic carbocycles. The lowest BCUT2D eigenvalue weighted by Crippen LogP contribution is -2.04. The predicted octanol–water partition coefficient (Wildman–Crippen LogP) is 5.12. The number of hydrogen-bond acceptors (Lipinski definition) is 3. The van der Waals surface area contributed by atoms with Gasteiger partial charge < -0.3 is 14.8 Å². The van der Waals surface area contributed by atoms with Crippen LogP contribution < -0.4 is 14.8 Å². The summed E-state index contributed by atoms with van der Waals surface area (Å²) < 4.78 is 11.9. The van der Waals surface area contributed by atoms with Crippen LogP contribution in [-0.4, -0.2) is 13.7 Å². The van der Waals surface area contributed by atoms with Gasteiger partial charge in [0.2, 0.25) is 0 Å². The Morgan fingerprint density at radius 3 is 2.67 bits per heavy atom. The van der Waals surface area contributed by atoms with Gasteiger partial charge in [-0.05, 0) is 41.1 Å². The van der Waals surface area contributed by atoms with Gasteiger partial charge in [0.1, 0.15) is 0 Å². The van der Waals surface area contributed by atoms with Crippen LogP contribution in [0, 0.1) is 0 Å². The largest absolute Gasteiger partial charge is 0.493 e. The minimum absolute atomic E-state index is 0.604. The van der Waals surface area contributed by atoms with Gasteiger partial charge >= 0.3 is 0 Å². The highest BCUT2D eigenvalue weighted by Crippen LogP contribution is 2.33. The number of halogens is 2. The predicted molar refractivity (Wildman–Crippen MR) is 90.6 cm³/mol. The molecule has 0 amide bonds. The van der Waals surface area contributed by atoms with E-state index in [1.165, 1.54) is 0 Å². The number of rotatable bonds is 6. The van der Waals surface area contributed by atoms with E-state index in [9.17, 15) is 0 Å². The standard InChI is InChI=1S/C16H17BrClNO2/c1-3-21-14-9-4-6-11(16(14)20-2)10-19-13-8-5-7-12(18)15(13)17/h4-9,19H,3,10H2,1-2H3. The summed E-state index contributed by atoms with van der Waals surface area (Å²) >= 11 is 9.57. The first-order valence-electron chi connectivity index (χ1n) is 6.64. The van der Waals surface area contributed by atoms with Crippen molar-refractivity contribution in [2.75, 3.05) is 19.0 Å². The minimum Gasteiger partial charge on any atom is -0.493 e. The maximum atomic E-state index is 6.09. The van der Waals surface area contributed by atoms with Gasteiger partial charge in [0.25, 0.3) is 0 Å². The van der Waals surface area contributed by atoms with Crippen LogP contribution in [0.4, 0.5) is 5.69 Å². The summed E-state index contributed by atoms with van der Waals surface area (Å²) in [5.74, 6) is 1.51. The molecule has 0 aliphatic heterocycles. The van der Waals surface area contributed by atoms with Crippen LogP contribution in [0.2, 0.25) is 5.02 Å². The second-order valence-electron chi connectivity index (χ2n) is 4.34. The van der Waals surface area contributed by atoms with Crippen LogP contribution in [0.15, 0.2) is 40.9 Å². The highest BCUT2D eigenvalue weighted by Gasteiger charge is 2.10. The molecule has 0 unspecified atom stereocenters. The summed E-state index contributed by atoms with van der Waals surface area (Å²) in [7, 11) is 1.65. The number of para-hydroxylation sites is 1. The smallest absolute Gasteiger partial charge is 0.165 e. The van der Waals surface area contributed by atoms with E-state index in [1.54, 1.807) is 7.11 Å². The SMILES string of the molecule is CCOc1cccc(CNc2cccc(Cl)c2Br)c1OC. The van der Waals surface area contributed by atoms with Crippen LogP contribution >= 0.6 is 27.5 Å². The lowest BCUT2D eigenvalue weighted by atomic mass is 10.1. The minimum atomic E-state index is 0.604. The topological polar surface area (TPSA) is 30.5 Å². The molecule has 21 heavy (non-hydrogen) atoms. The van der Waals surface area contributed by atoms with Gasteiger partial charge in [0, 0.05) is 12.1 Å². The molecule has 3 nitrogen and oxygen atoms in total. The highest BCUT2D eigenvalue weighted by atomic mass is 79.9. The molecule has 0 bridgehead atoms. The molecule has 0 aliphatic rings. The number of hydrogen-bond donors (Lipinski definition) is 1. The maximum Gasteiger partial charge on any atom is 0.165 e. The molecule has 0 saturated heterocycles. The van der Waals surface area contributed by atoms with Crippen LogP contribution in [0.25, 0.3) is 0 Å². The van der Waals surface area contributed by atoms with Gasteiger partial charge in [-0.25, -0.2) is 0 Å². The van der Waals surface area contributed by atoms with Crippen molar-refractivity contribution in [1.82, 2.24) is 0 Å². The van der Waals surface area contributed by atoms with E-state index in [2.05, 4.69) is 21.2 Å². The molecule has 0 heterocycles. The quantitative estimate of drug-likeness (QED) is 0.765. The summed E-state index contributed by atoms with van der Waals surface area (Å²) in [6.45, 7) is 3.17. The van der Waals surface area contributed by atoms with E-state index in [1.807, 2.05) is 43.3 Å². The second-order valence-corrected chi connectivity index (χ2v) is 5.54.